The molecular formula is C13H12IN3O4S. The fraction of sp³-hybridized carbons (Fsp3) is 0.231. The predicted octanol–water partition coefficient (Wildman–Crippen LogP) is 1.70. The van der Waals surface area contributed by atoms with E-state index in [2.05, 4.69) is 38.1 Å². The van der Waals surface area contributed by atoms with Gasteiger partial charge in [-0.3, -0.25) is 9.59 Å². The summed E-state index contributed by atoms with van der Waals surface area (Å²) in [6, 6.07) is 5.61. The van der Waals surface area contributed by atoms with Crippen LogP contribution in [0.5, 0.6) is 5.75 Å². The molecule has 1 aliphatic rings. The van der Waals surface area contributed by atoms with Crippen LogP contribution in [0.3, 0.4) is 0 Å². The van der Waals surface area contributed by atoms with E-state index in [1.54, 1.807) is 7.11 Å². The Morgan fingerprint density at radius 1 is 1.59 bits per heavy atom. The van der Waals surface area contributed by atoms with Crippen LogP contribution >= 0.6 is 34.4 Å². The maximum Gasteiger partial charge on any atom is 0.305 e. The van der Waals surface area contributed by atoms with E-state index in [9.17, 15) is 9.59 Å². The summed E-state index contributed by atoms with van der Waals surface area (Å²) in [5.41, 5.74) is 0.759. The van der Waals surface area contributed by atoms with Gasteiger partial charge in [0.1, 0.15) is 11.0 Å². The van der Waals surface area contributed by atoms with Crippen LogP contribution in [0.1, 0.15) is 12.0 Å². The van der Waals surface area contributed by atoms with Crippen molar-refractivity contribution >= 4 is 57.6 Å². The van der Waals surface area contributed by atoms with Crippen LogP contribution < -0.4 is 10.1 Å². The number of nitrogens with one attached hydrogen (secondary N) is 1. The van der Waals surface area contributed by atoms with E-state index in [4.69, 9.17) is 9.84 Å². The number of hydrogen-bond donors (Lipinski definition) is 2. The number of hydrogen-bond acceptors (Lipinski definition) is 6. The second-order valence-corrected chi connectivity index (χ2v) is 6.56. The molecule has 0 spiro atoms. The summed E-state index contributed by atoms with van der Waals surface area (Å²) < 4.78 is 6.24. The smallest absolute Gasteiger partial charge is 0.305 e. The first-order valence-corrected chi connectivity index (χ1v) is 8.10. The Morgan fingerprint density at radius 3 is 3.05 bits per heavy atom. The van der Waals surface area contributed by atoms with Crippen LogP contribution in [0.15, 0.2) is 28.4 Å². The van der Waals surface area contributed by atoms with Crippen molar-refractivity contribution in [3.63, 3.8) is 0 Å². The maximum absolute atomic E-state index is 11.5. The molecule has 0 radical (unpaired) electrons. The number of aliphatic carboxylic acids is 1. The van der Waals surface area contributed by atoms with Gasteiger partial charge in [-0.05, 0) is 34.7 Å². The molecule has 1 unspecified atom stereocenters. The molecule has 0 bridgehead atoms. The third-order valence-corrected chi connectivity index (χ3v) is 4.61. The number of methoxy groups -OCH3 is 1. The van der Waals surface area contributed by atoms with Crippen molar-refractivity contribution in [1.82, 2.24) is 5.32 Å². The molecule has 9 heteroatoms. The van der Waals surface area contributed by atoms with Crippen molar-refractivity contribution in [1.29, 1.82) is 0 Å². The van der Waals surface area contributed by atoms with Crippen LogP contribution in [0, 0.1) is 3.57 Å². The van der Waals surface area contributed by atoms with E-state index in [0.29, 0.717) is 5.75 Å². The highest BCUT2D eigenvalue weighted by atomic mass is 127. The number of carboxylic acids is 1. The van der Waals surface area contributed by atoms with E-state index in [-0.39, 0.29) is 17.5 Å². The van der Waals surface area contributed by atoms with Crippen molar-refractivity contribution in [3.8, 4) is 5.75 Å². The lowest BCUT2D eigenvalue weighted by Gasteiger charge is -2.05. The topological polar surface area (TPSA) is 100 Å². The van der Waals surface area contributed by atoms with Gasteiger partial charge in [-0.15, -0.1) is 5.10 Å². The molecule has 2 N–H and O–H groups in total. The van der Waals surface area contributed by atoms with Crippen LogP contribution in [0.4, 0.5) is 0 Å². The van der Waals surface area contributed by atoms with Gasteiger partial charge in [-0.2, -0.15) is 5.10 Å². The summed E-state index contributed by atoms with van der Waals surface area (Å²) >= 11 is 3.21. The molecule has 0 saturated carbocycles. The molecule has 0 aromatic heterocycles. The lowest BCUT2D eigenvalue weighted by atomic mass is 10.2. The second-order valence-electron chi connectivity index (χ2n) is 4.21. The SMILES string of the molecule is COc1c(I)cccc1C=NN=C1NC(=O)C(CC(=O)O)S1. The molecule has 116 valence electrons. The van der Waals surface area contributed by atoms with Crippen LogP contribution in [-0.4, -0.2) is 40.7 Å². The number of amidine groups is 1. The van der Waals surface area contributed by atoms with Crippen molar-refractivity contribution in [2.75, 3.05) is 7.11 Å². The van der Waals surface area contributed by atoms with Gasteiger partial charge in [0.05, 0.1) is 23.3 Å². The molecule has 1 aromatic carbocycles. The van der Waals surface area contributed by atoms with Gasteiger partial charge in [-0.25, -0.2) is 0 Å². The van der Waals surface area contributed by atoms with Gasteiger partial charge < -0.3 is 15.2 Å². The third-order valence-electron chi connectivity index (χ3n) is 2.68. The number of para-hydroxylation sites is 1. The first-order chi connectivity index (χ1) is 10.5. The number of thioether (sulfide) groups is 1. The number of ether oxygens (including phenoxy) is 1. The minimum atomic E-state index is -1.03. The summed E-state index contributed by atoms with van der Waals surface area (Å²) in [6.45, 7) is 0. The highest BCUT2D eigenvalue weighted by molar-refractivity contribution is 14.1. The van der Waals surface area contributed by atoms with Gasteiger partial charge in [0.25, 0.3) is 0 Å². The molecule has 1 amide bonds. The van der Waals surface area contributed by atoms with Crippen molar-refractivity contribution in [3.05, 3.63) is 27.3 Å². The third kappa shape index (κ3) is 4.19. The highest BCUT2D eigenvalue weighted by Crippen LogP contribution is 2.24. The minimum absolute atomic E-state index is 0.246. The molecule has 1 atom stereocenters. The second kappa shape index (κ2) is 7.58. The van der Waals surface area contributed by atoms with E-state index in [1.165, 1.54) is 6.21 Å². The van der Waals surface area contributed by atoms with Crippen LogP contribution in [0.25, 0.3) is 0 Å². The number of halogens is 1. The first-order valence-electron chi connectivity index (χ1n) is 6.14. The van der Waals surface area contributed by atoms with Crippen molar-refractivity contribution in [2.24, 2.45) is 10.2 Å². The Bertz CT molecular complexity index is 663. The van der Waals surface area contributed by atoms with Crippen LogP contribution in [0.2, 0.25) is 0 Å². The molecule has 2 rings (SSSR count). The number of rotatable bonds is 5. The zero-order valence-corrected chi connectivity index (χ0v) is 14.4. The largest absolute Gasteiger partial charge is 0.495 e. The van der Waals surface area contributed by atoms with E-state index < -0.39 is 11.2 Å². The predicted molar refractivity (Wildman–Crippen MR) is 92.5 cm³/mol. The summed E-state index contributed by atoms with van der Waals surface area (Å²) in [6.07, 6.45) is 1.27. The summed E-state index contributed by atoms with van der Waals surface area (Å²) in [7, 11) is 1.57. The molecule has 1 heterocycles. The average molecular weight is 433 g/mol. The summed E-state index contributed by atoms with van der Waals surface area (Å²) in [5.74, 6) is -0.701. The summed E-state index contributed by atoms with van der Waals surface area (Å²) in [4.78, 5) is 22.2. The zero-order chi connectivity index (χ0) is 16.1. The monoisotopic (exact) mass is 433 g/mol. The standard InChI is InChI=1S/C13H12IN3O4S/c1-21-11-7(3-2-4-8(11)14)6-15-17-13-16-12(20)9(22-13)5-10(18)19/h2-4,6,9H,5H2,1H3,(H,18,19)(H,16,17,20). The highest BCUT2D eigenvalue weighted by Gasteiger charge is 2.32. The number of nitrogens with zero attached hydrogens (tertiary/aromatic N) is 2. The van der Waals surface area contributed by atoms with Gasteiger partial charge in [0.15, 0.2) is 5.17 Å². The lowest BCUT2D eigenvalue weighted by molar-refractivity contribution is -0.138. The zero-order valence-electron chi connectivity index (χ0n) is 11.4. The number of carboxylic acid groups (broad SMARTS) is 1. The number of carbonyl (C=O) groups excluding carboxylic acids is 1. The normalized spacial score (nSPS) is 19.6. The molecule has 0 aliphatic carbocycles. The molecule has 1 aliphatic heterocycles. The molecule has 1 aromatic rings. The Hall–Kier alpha value is -1.62. The Balaban J connectivity index is 2.08. The van der Waals surface area contributed by atoms with E-state index >= 15 is 0 Å². The minimum Gasteiger partial charge on any atom is -0.495 e. The molecule has 1 saturated heterocycles. The van der Waals surface area contributed by atoms with E-state index in [1.807, 2.05) is 18.2 Å². The summed E-state index contributed by atoms with van der Waals surface area (Å²) in [5, 5.41) is 18.6. The van der Waals surface area contributed by atoms with Gasteiger partial charge >= 0.3 is 5.97 Å². The Morgan fingerprint density at radius 2 is 2.36 bits per heavy atom. The molecule has 22 heavy (non-hydrogen) atoms. The Labute approximate surface area is 144 Å². The number of benzene rings is 1. The van der Waals surface area contributed by atoms with E-state index in [0.717, 1.165) is 20.9 Å². The van der Waals surface area contributed by atoms with Crippen molar-refractivity contribution < 1.29 is 19.4 Å². The number of amides is 1. The molecular weight excluding hydrogens is 421 g/mol. The Kier molecular flexibility index (Phi) is 5.77. The van der Waals surface area contributed by atoms with Crippen molar-refractivity contribution in [2.45, 2.75) is 11.7 Å². The number of carbonyl (C=O) groups is 2. The van der Waals surface area contributed by atoms with Gasteiger partial charge in [-0.1, -0.05) is 17.8 Å². The fourth-order valence-corrected chi connectivity index (χ4v) is 3.39. The quantitative estimate of drug-likeness (QED) is 0.418. The maximum atomic E-state index is 11.5. The van der Waals surface area contributed by atoms with Gasteiger partial charge in [0, 0.05) is 5.56 Å². The molecule has 1 fully saturated rings. The first kappa shape index (κ1) is 16.7. The fourth-order valence-electron chi connectivity index (χ4n) is 1.73. The lowest BCUT2D eigenvalue weighted by Crippen LogP contribution is -2.26. The van der Waals surface area contributed by atoms with Crippen LogP contribution in [-0.2, 0) is 9.59 Å². The molecule has 7 nitrogen and oxygen atoms in total. The average Bonchev–Trinajstić information content (AvgIpc) is 2.78. The van der Waals surface area contributed by atoms with Gasteiger partial charge in [0.2, 0.25) is 5.91 Å².